The first kappa shape index (κ1) is 17.2. The van der Waals surface area contributed by atoms with Crippen molar-refractivity contribution in [1.82, 2.24) is 15.3 Å². The van der Waals surface area contributed by atoms with Gasteiger partial charge in [0.1, 0.15) is 23.5 Å². The molecular formula is C15H27N5O. The van der Waals surface area contributed by atoms with Crippen LogP contribution in [0.2, 0.25) is 0 Å². The van der Waals surface area contributed by atoms with E-state index in [1.807, 2.05) is 27.7 Å². The van der Waals surface area contributed by atoms with Gasteiger partial charge in [-0.05, 0) is 33.6 Å². The summed E-state index contributed by atoms with van der Waals surface area (Å²) in [5, 5.41) is 9.34. The number of carbonyl (C=O) groups is 1. The lowest BCUT2D eigenvalue weighted by Crippen LogP contribution is -2.38. The molecule has 1 unspecified atom stereocenters. The Labute approximate surface area is 127 Å². The normalized spacial score (nSPS) is 11.9. The third kappa shape index (κ3) is 5.21. The lowest BCUT2D eigenvalue weighted by atomic mass is 10.2. The molecule has 0 fully saturated rings. The number of aryl methyl sites for hydroxylation is 1. The first-order valence-electron chi connectivity index (χ1n) is 7.62. The van der Waals surface area contributed by atoms with Crippen LogP contribution in [0.4, 0.5) is 11.6 Å². The van der Waals surface area contributed by atoms with Gasteiger partial charge in [-0.3, -0.25) is 4.79 Å². The van der Waals surface area contributed by atoms with Crippen LogP contribution < -0.4 is 16.0 Å². The van der Waals surface area contributed by atoms with Gasteiger partial charge >= 0.3 is 0 Å². The minimum atomic E-state index is -0.330. The van der Waals surface area contributed by atoms with Crippen molar-refractivity contribution in [3.63, 3.8) is 0 Å². The van der Waals surface area contributed by atoms with Gasteiger partial charge < -0.3 is 16.0 Å². The van der Waals surface area contributed by atoms with Crippen LogP contribution in [0.3, 0.4) is 0 Å². The molecule has 0 aliphatic rings. The molecule has 0 aliphatic carbocycles. The van der Waals surface area contributed by atoms with Crippen LogP contribution >= 0.6 is 0 Å². The van der Waals surface area contributed by atoms with Crippen LogP contribution in [-0.2, 0) is 4.79 Å². The summed E-state index contributed by atoms with van der Waals surface area (Å²) in [6.45, 7) is 11.3. The van der Waals surface area contributed by atoms with Crippen LogP contribution in [0, 0.1) is 13.8 Å². The molecule has 0 saturated carbocycles. The number of hydrogen-bond donors (Lipinski definition) is 3. The van der Waals surface area contributed by atoms with Crippen molar-refractivity contribution in [1.29, 1.82) is 0 Å². The van der Waals surface area contributed by atoms with Crippen molar-refractivity contribution in [2.45, 2.75) is 53.5 Å². The molecule has 0 aromatic carbocycles. The molecule has 1 heterocycles. The molecule has 0 bridgehead atoms. The van der Waals surface area contributed by atoms with Crippen LogP contribution in [0.5, 0.6) is 0 Å². The maximum absolute atomic E-state index is 11.9. The Morgan fingerprint density at radius 3 is 2.33 bits per heavy atom. The molecule has 1 amide bonds. The predicted molar refractivity (Wildman–Crippen MR) is 86.7 cm³/mol. The highest BCUT2D eigenvalue weighted by Crippen LogP contribution is 2.20. The molecule has 6 nitrogen and oxygen atoms in total. The molecule has 21 heavy (non-hydrogen) atoms. The zero-order valence-corrected chi connectivity index (χ0v) is 13.7. The van der Waals surface area contributed by atoms with Crippen LogP contribution in [0.1, 0.15) is 45.0 Å². The van der Waals surface area contributed by atoms with Gasteiger partial charge in [0.05, 0.1) is 0 Å². The van der Waals surface area contributed by atoms with E-state index >= 15 is 0 Å². The topological polar surface area (TPSA) is 78.9 Å². The fraction of sp³-hybridized carbons (Fsp3) is 0.667. The Balaban J connectivity index is 2.82. The molecular weight excluding hydrogens is 266 g/mol. The average Bonchev–Trinajstić information content (AvgIpc) is 2.46. The Hall–Kier alpha value is -1.85. The molecule has 0 saturated heterocycles. The van der Waals surface area contributed by atoms with E-state index in [9.17, 15) is 4.79 Å². The first-order valence-corrected chi connectivity index (χ1v) is 7.62. The number of aromatic nitrogens is 2. The summed E-state index contributed by atoms with van der Waals surface area (Å²) in [4.78, 5) is 20.7. The van der Waals surface area contributed by atoms with Crippen molar-refractivity contribution in [2.24, 2.45) is 0 Å². The molecule has 1 aromatic heterocycles. The Kier molecular flexibility index (Phi) is 6.91. The summed E-state index contributed by atoms with van der Waals surface area (Å²) in [5.74, 6) is 2.20. The van der Waals surface area contributed by atoms with Crippen molar-refractivity contribution in [2.75, 3.05) is 23.7 Å². The highest BCUT2D eigenvalue weighted by molar-refractivity contribution is 5.84. The van der Waals surface area contributed by atoms with Crippen LogP contribution in [0.15, 0.2) is 0 Å². The number of carbonyl (C=O) groups excluding carboxylic acids is 1. The molecule has 0 radical (unpaired) electrons. The van der Waals surface area contributed by atoms with E-state index in [1.54, 1.807) is 0 Å². The van der Waals surface area contributed by atoms with Gasteiger partial charge in [-0.1, -0.05) is 13.8 Å². The average molecular weight is 293 g/mol. The van der Waals surface area contributed by atoms with Gasteiger partial charge in [0.2, 0.25) is 5.91 Å². The van der Waals surface area contributed by atoms with E-state index in [-0.39, 0.29) is 11.9 Å². The van der Waals surface area contributed by atoms with Crippen molar-refractivity contribution in [3.8, 4) is 0 Å². The lowest BCUT2D eigenvalue weighted by molar-refractivity contribution is -0.121. The van der Waals surface area contributed by atoms with E-state index in [1.165, 1.54) is 0 Å². The minimum Gasteiger partial charge on any atom is -0.370 e. The van der Waals surface area contributed by atoms with Crippen molar-refractivity contribution in [3.05, 3.63) is 11.4 Å². The number of nitrogens with one attached hydrogen (secondary N) is 3. The molecule has 1 atom stereocenters. The summed E-state index contributed by atoms with van der Waals surface area (Å²) < 4.78 is 0. The maximum atomic E-state index is 11.9. The smallest absolute Gasteiger partial charge is 0.242 e. The highest BCUT2D eigenvalue weighted by atomic mass is 16.2. The van der Waals surface area contributed by atoms with Crippen LogP contribution in [0.25, 0.3) is 0 Å². The van der Waals surface area contributed by atoms with Gasteiger partial charge in [-0.15, -0.1) is 0 Å². The quantitative estimate of drug-likeness (QED) is 0.685. The largest absolute Gasteiger partial charge is 0.370 e. The van der Waals surface area contributed by atoms with Gasteiger partial charge in [0, 0.05) is 18.7 Å². The van der Waals surface area contributed by atoms with Crippen molar-refractivity contribution < 1.29 is 4.79 Å². The maximum Gasteiger partial charge on any atom is 0.242 e. The molecule has 3 N–H and O–H groups in total. The zero-order valence-electron chi connectivity index (χ0n) is 13.7. The van der Waals surface area contributed by atoms with Gasteiger partial charge in [0.25, 0.3) is 0 Å². The van der Waals surface area contributed by atoms with Crippen LogP contribution in [-0.4, -0.2) is 35.0 Å². The summed E-state index contributed by atoms with van der Waals surface area (Å²) in [7, 11) is 0. The Morgan fingerprint density at radius 1 is 1.10 bits per heavy atom. The summed E-state index contributed by atoms with van der Waals surface area (Å²) >= 11 is 0. The van der Waals surface area contributed by atoms with Crippen molar-refractivity contribution >= 4 is 17.5 Å². The summed E-state index contributed by atoms with van der Waals surface area (Å²) in [5.41, 5.74) is 0.934. The second kappa shape index (κ2) is 8.44. The van der Waals surface area contributed by atoms with Gasteiger partial charge in [-0.2, -0.15) is 0 Å². The van der Waals surface area contributed by atoms with Gasteiger partial charge in [0.15, 0.2) is 0 Å². The minimum absolute atomic E-state index is 0.0180. The van der Waals surface area contributed by atoms with E-state index in [0.717, 1.165) is 30.8 Å². The second-order valence-corrected chi connectivity index (χ2v) is 5.18. The second-order valence-electron chi connectivity index (χ2n) is 5.18. The number of hydrogen-bond acceptors (Lipinski definition) is 5. The van der Waals surface area contributed by atoms with E-state index < -0.39 is 0 Å². The van der Waals surface area contributed by atoms with E-state index in [2.05, 4.69) is 32.8 Å². The number of anilines is 2. The SMILES string of the molecule is CCCNC(=O)C(C)Nc1nc(C)nc(NCCC)c1C. The summed E-state index contributed by atoms with van der Waals surface area (Å²) in [6.07, 6.45) is 1.95. The third-order valence-electron chi connectivity index (χ3n) is 3.10. The molecule has 0 aliphatic heterocycles. The molecule has 1 rings (SSSR count). The molecule has 1 aromatic rings. The monoisotopic (exact) mass is 293 g/mol. The fourth-order valence-electron chi connectivity index (χ4n) is 1.86. The Morgan fingerprint density at radius 2 is 1.71 bits per heavy atom. The van der Waals surface area contributed by atoms with E-state index in [4.69, 9.17) is 0 Å². The molecule has 118 valence electrons. The lowest BCUT2D eigenvalue weighted by Gasteiger charge is -2.18. The Bertz CT molecular complexity index is 475. The zero-order chi connectivity index (χ0) is 15.8. The van der Waals surface area contributed by atoms with Gasteiger partial charge in [-0.25, -0.2) is 9.97 Å². The number of nitrogens with zero attached hydrogens (tertiary/aromatic N) is 2. The number of amides is 1. The highest BCUT2D eigenvalue weighted by Gasteiger charge is 2.16. The summed E-state index contributed by atoms with van der Waals surface area (Å²) in [6, 6.07) is -0.330. The standard InChI is InChI=1S/C15H27N5O/c1-6-8-16-13-10(3)14(20-12(5)19-13)18-11(4)15(21)17-9-7-2/h11H,6-9H2,1-5H3,(H,17,21)(H2,16,18,19,20). The van der Waals surface area contributed by atoms with E-state index in [0.29, 0.717) is 18.2 Å². The first-order chi connectivity index (χ1) is 9.99. The third-order valence-corrected chi connectivity index (χ3v) is 3.10. The fourth-order valence-corrected chi connectivity index (χ4v) is 1.86. The molecule has 6 heteroatoms. The number of rotatable bonds is 8. The molecule has 0 spiro atoms. The predicted octanol–water partition coefficient (Wildman–Crippen LogP) is 2.24.